The summed E-state index contributed by atoms with van der Waals surface area (Å²) in [5, 5.41) is 5.27. The van der Waals surface area contributed by atoms with Gasteiger partial charge in [-0.3, -0.25) is 4.79 Å². The Bertz CT molecular complexity index is 1300. The number of halogens is 2. The molecule has 2 heterocycles. The molecule has 0 spiro atoms. The molecule has 0 bridgehead atoms. The van der Waals surface area contributed by atoms with E-state index in [4.69, 9.17) is 23.2 Å². The Kier molecular flexibility index (Phi) is 4.42. The number of hydrogen-bond acceptors (Lipinski definition) is 1. The first kappa shape index (κ1) is 18.0. The average Bonchev–Trinajstić information content (AvgIpc) is 3.22. The van der Waals surface area contributed by atoms with Crippen LogP contribution in [0.2, 0.25) is 10.0 Å². The van der Waals surface area contributed by atoms with Crippen LogP contribution in [0.3, 0.4) is 0 Å². The Morgan fingerprint density at radius 2 is 1.76 bits per heavy atom. The van der Waals surface area contributed by atoms with Crippen LogP contribution in [0.25, 0.3) is 22.6 Å². The Hall–Kier alpha value is -3.01. The van der Waals surface area contributed by atoms with Crippen molar-refractivity contribution in [3.63, 3.8) is 0 Å². The maximum absolute atomic E-state index is 12.5. The van der Waals surface area contributed by atoms with E-state index in [1.807, 2.05) is 54.6 Å². The van der Waals surface area contributed by atoms with E-state index in [1.54, 1.807) is 6.07 Å². The number of carbonyl (C=O) groups excluding carboxylic acids is 1. The molecule has 0 fully saturated rings. The van der Waals surface area contributed by atoms with Crippen LogP contribution in [0.4, 0.5) is 5.69 Å². The van der Waals surface area contributed by atoms with Crippen molar-refractivity contribution in [1.82, 2.24) is 4.57 Å². The molecule has 0 aliphatic carbocycles. The zero-order chi connectivity index (χ0) is 20.0. The zero-order valence-electron chi connectivity index (χ0n) is 15.3. The van der Waals surface area contributed by atoms with Gasteiger partial charge in [0, 0.05) is 56.1 Å². The van der Waals surface area contributed by atoms with Gasteiger partial charge in [0.1, 0.15) is 0 Å². The number of fused-ring (bicyclic) bond motifs is 2. The fraction of sp³-hybridized carbons (Fsp3) is 0.0417. The molecule has 1 aliphatic heterocycles. The monoisotopic (exact) mass is 418 g/mol. The predicted octanol–water partition coefficient (Wildman–Crippen LogP) is 6.49. The lowest BCUT2D eigenvalue weighted by Crippen LogP contribution is -2.03. The molecule has 0 saturated carbocycles. The smallest absolute Gasteiger partial charge is 0.256 e. The quantitative estimate of drug-likeness (QED) is 0.379. The standard InChI is InChI=1S/C24H16Cl2N2O/c25-17-10-9-15(21(26)12-17)13-28-14-16(18-5-2-4-8-23(18)28)11-20-19-6-1-3-7-22(19)27-24(20)29/h1-12,14H,13H2,(H,27,29)/b20-11+. The van der Waals surface area contributed by atoms with E-state index in [0.29, 0.717) is 22.2 Å². The van der Waals surface area contributed by atoms with Gasteiger partial charge in [-0.05, 0) is 35.9 Å². The summed E-state index contributed by atoms with van der Waals surface area (Å²) in [6.45, 7) is 0.614. The predicted molar refractivity (Wildman–Crippen MR) is 120 cm³/mol. The highest BCUT2D eigenvalue weighted by atomic mass is 35.5. The summed E-state index contributed by atoms with van der Waals surface area (Å²) in [4.78, 5) is 12.5. The molecule has 5 heteroatoms. The van der Waals surface area contributed by atoms with Gasteiger partial charge in [-0.1, -0.05) is 65.7 Å². The Morgan fingerprint density at radius 1 is 0.966 bits per heavy atom. The van der Waals surface area contributed by atoms with Crippen LogP contribution < -0.4 is 5.32 Å². The fourth-order valence-corrected chi connectivity index (χ4v) is 4.26. The molecule has 1 amide bonds. The van der Waals surface area contributed by atoms with Gasteiger partial charge in [0.2, 0.25) is 0 Å². The van der Waals surface area contributed by atoms with Crippen molar-refractivity contribution in [3.8, 4) is 0 Å². The third kappa shape index (κ3) is 3.23. The van der Waals surface area contributed by atoms with Crippen LogP contribution in [-0.4, -0.2) is 10.5 Å². The lowest BCUT2D eigenvalue weighted by molar-refractivity contribution is -0.110. The van der Waals surface area contributed by atoms with Crippen LogP contribution in [-0.2, 0) is 11.3 Å². The Labute approximate surface area is 178 Å². The Morgan fingerprint density at radius 3 is 2.62 bits per heavy atom. The summed E-state index contributed by atoms with van der Waals surface area (Å²) >= 11 is 12.4. The topological polar surface area (TPSA) is 34.0 Å². The van der Waals surface area contributed by atoms with Crippen molar-refractivity contribution < 1.29 is 4.79 Å². The summed E-state index contributed by atoms with van der Waals surface area (Å²) in [5.41, 5.74) is 5.51. The third-order valence-electron chi connectivity index (χ3n) is 5.19. The molecule has 0 atom stereocenters. The van der Waals surface area contributed by atoms with Crippen LogP contribution in [0.5, 0.6) is 0 Å². The summed E-state index contributed by atoms with van der Waals surface area (Å²) in [6, 6.07) is 21.4. The number of nitrogens with one attached hydrogen (secondary N) is 1. The summed E-state index contributed by atoms with van der Waals surface area (Å²) in [6.07, 6.45) is 4.03. The number of carbonyl (C=O) groups is 1. The summed E-state index contributed by atoms with van der Waals surface area (Å²) in [7, 11) is 0. The molecule has 1 aliphatic rings. The van der Waals surface area contributed by atoms with E-state index in [-0.39, 0.29) is 5.91 Å². The molecule has 4 aromatic rings. The normalized spacial score (nSPS) is 14.4. The Balaban J connectivity index is 1.62. The molecule has 29 heavy (non-hydrogen) atoms. The lowest BCUT2D eigenvalue weighted by atomic mass is 10.0. The highest BCUT2D eigenvalue weighted by Crippen LogP contribution is 2.34. The van der Waals surface area contributed by atoms with E-state index in [9.17, 15) is 4.79 Å². The molecule has 0 unspecified atom stereocenters. The fourth-order valence-electron chi connectivity index (χ4n) is 3.79. The number of amides is 1. The number of benzene rings is 3. The second-order valence-corrected chi connectivity index (χ2v) is 7.87. The SMILES string of the molecule is O=C1Nc2ccccc2/C1=C\c1cn(Cc2ccc(Cl)cc2Cl)c2ccccc12. The number of para-hydroxylation sites is 2. The van der Waals surface area contributed by atoms with E-state index < -0.39 is 0 Å². The molecule has 0 radical (unpaired) electrons. The molecular weight excluding hydrogens is 403 g/mol. The number of anilines is 1. The number of hydrogen-bond donors (Lipinski definition) is 1. The zero-order valence-corrected chi connectivity index (χ0v) is 16.8. The minimum absolute atomic E-state index is 0.0798. The summed E-state index contributed by atoms with van der Waals surface area (Å²) in [5.74, 6) is -0.0798. The van der Waals surface area contributed by atoms with Crippen molar-refractivity contribution in [3.05, 3.63) is 99.7 Å². The molecule has 0 saturated heterocycles. The van der Waals surface area contributed by atoms with Gasteiger partial charge in [0.25, 0.3) is 5.91 Å². The molecule has 3 nitrogen and oxygen atoms in total. The largest absolute Gasteiger partial charge is 0.342 e. The van der Waals surface area contributed by atoms with Crippen molar-refractivity contribution in [2.45, 2.75) is 6.54 Å². The first-order valence-electron chi connectivity index (χ1n) is 9.24. The number of nitrogens with zero attached hydrogens (tertiary/aromatic N) is 1. The molecule has 142 valence electrons. The van der Waals surface area contributed by atoms with Crippen LogP contribution in [0, 0.1) is 0 Å². The van der Waals surface area contributed by atoms with Crippen LogP contribution in [0.15, 0.2) is 72.9 Å². The van der Waals surface area contributed by atoms with Crippen molar-refractivity contribution in [2.24, 2.45) is 0 Å². The van der Waals surface area contributed by atoms with Gasteiger partial charge < -0.3 is 9.88 Å². The van der Waals surface area contributed by atoms with Crippen molar-refractivity contribution in [2.75, 3.05) is 5.32 Å². The average molecular weight is 419 g/mol. The lowest BCUT2D eigenvalue weighted by Gasteiger charge is -2.08. The minimum Gasteiger partial charge on any atom is -0.342 e. The number of aromatic nitrogens is 1. The van der Waals surface area contributed by atoms with Crippen molar-refractivity contribution >= 4 is 57.3 Å². The van der Waals surface area contributed by atoms with Crippen LogP contribution in [0.1, 0.15) is 16.7 Å². The van der Waals surface area contributed by atoms with Crippen LogP contribution >= 0.6 is 23.2 Å². The maximum Gasteiger partial charge on any atom is 0.256 e. The second-order valence-electron chi connectivity index (χ2n) is 7.02. The van der Waals surface area contributed by atoms with Gasteiger partial charge in [-0.2, -0.15) is 0 Å². The first-order valence-corrected chi connectivity index (χ1v) is 10.00. The van der Waals surface area contributed by atoms with Gasteiger partial charge in [-0.25, -0.2) is 0 Å². The summed E-state index contributed by atoms with van der Waals surface area (Å²) < 4.78 is 2.15. The second kappa shape index (κ2) is 7.11. The van der Waals surface area contributed by atoms with Gasteiger partial charge in [0.15, 0.2) is 0 Å². The molecule has 3 aromatic carbocycles. The van der Waals surface area contributed by atoms with E-state index >= 15 is 0 Å². The molecular formula is C24H16Cl2N2O. The van der Waals surface area contributed by atoms with E-state index in [1.165, 1.54) is 0 Å². The van der Waals surface area contributed by atoms with Gasteiger partial charge in [0.05, 0.1) is 0 Å². The minimum atomic E-state index is -0.0798. The highest BCUT2D eigenvalue weighted by Gasteiger charge is 2.24. The van der Waals surface area contributed by atoms with E-state index in [0.717, 1.165) is 33.3 Å². The number of rotatable bonds is 3. The maximum atomic E-state index is 12.5. The van der Waals surface area contributed by atoms with Gasteiger partial charge >= 0.3 is 0 Å². The molecule has 1 aromatic heterocycles. The van der Waals surface area contributed by atoms with Crippen molar-refractivity contribution in [1.29, 1.82) is 0 Å². The molecule has 1 N–H and O–H groups in total. The molecule has 5 rings (SSSR count). The van der Waals surface area contributed by atoms with Gasteiger partial charge in [-0.15, -0.1) is 0 Å². The highest BCUT2D eigenvalue weighted by molar-refractivity contribution is 6.35. The van der Waals surface area contributed by atoms with E-state index in [2.05, 4.69) is 28.2 Å². The first-order chi connectivity index (χ1) is 14.1. The third-order valence-corrected chi connectivity index (χ3v) is 5.77.